The number of nitrogens with one attached hydrogen (secondary N) is 2. The molecule has 2 N–H and O–H groups in total. The van der Waals surface area contributed by atoms with Gasteiger partial charge in [0, 0.05) is 23.4 Å². The molecule has 0 spiro atoms. The second-order valence-electron chi connectivity index (χ2n) is 8.50. The average Bonchev–Trinajstić information content (AvgIpc) is 3.29. The molecule has 0 radical (unpaired) electrons. The average molecular weight is 524 g/mol. The van der Waals surface area contributed by atoms with E-state index < -0.39 is 23.6 Å². The fourth-order valence-electron chi connectivity index (χ4n) is 3.59. The van der Waals surface area contributed by atoms with E-state index in [2.05, 4.69) is 15.7 Å². The maximum Gasteiger partial charge on any atom is 0.322 e. The first-order valence-electron chi connectivity index (χ1n) is 11.4. The van der Waals surface area contributed by atoms with Crippen LogP contribution in [0.5, 0.6) is 0 Å². The van der Waals surface area contributed by atoms with E-state index in [0.29, 0.717) is 22.9 Å². The highest BCUT2D eigenvalue weighted by Crippen LogP contribution is 2.25. The van der Waals surface area contributed by atoms with E-state index in [1.165, 1.54) is 33.8 Å². The molecule has 1 heterocycles. The van der Waals surface area contributed by atoms with Gasteiger partial charge in [0.05, 0.1) is 16.4 Å². The lowest BCUT2D eigenvalue weighted by atomic mass is 10.1. The van der Waals surface area contributed by atoms with Gasteiger partial charge >= 0.3 is 6.03 Å². The Kier molecular flexibility index (Phi) is 7.83. The zero-order valence-corrected chi connectivity index (χ0v) is 20.8. The molecule has 190 valence electrons. The zero-order chi connectivity index (χ0) is 26.5. The lowest BCUT2D eigenvalue weighted by Crippen LogP contribution is -2.44. The molecule has 1 aromatic heterocycles. The summed E-state index contributed by atoms with van der Waals surface area (Å²) in [6, 6.07) is 19.7. The molecule has 37 heavy (non-hydrogen) atoms. The first kappa shape index (κ1) is 25.8. The molecule has 7 nitrogen and oxygen atoms in total. The van der Waals surface area contributed by atoms with Gasteiger partial charge in [-0.3, -0.25) is 4.79 Å². The van der Waals surface area contributed by atoms with Crippen LogP contribution in [-0.4, -0.2) is 39.2 Å². The molecule has 0 saturated carbocycles. The highest BCUT2D eigenvalue weighted by atomic mass is 35.5. The van der Waals surface area contributed by atoms with Crippen LogP contribution in [0.1, 0.15) is 13.8 Å². The van der Waals surface area contributed by atoms with Gasteiger partial charge in [-0.2, -0.15) is 5.10 Å². The van der Waals surface area contributed by atoms with Crippen LogP contribution in [0.25, 0.3) is 16.9 Å². The van der Waals surface area contributed by atoms with Crippen molar-refractivity contribution in [3.8, 4) is 16.9 Å². The predicted octanol–water partition coefficient (Wildman–Crippen LogP) is 6.35. The van der Waals surface area contributed by atoms with Crippen molar-refractivity contribution in [1.82, 2.24) is 14.7 Å². The molecule has 3 amide bonds. The van der Waals surface area contributed by atoms with Crippen molar-refractivity contribution in [3.63, 3.8) is 0 Å². The predicted molar refractivity (Wildman–Crippen MR) is 140 cm³/mol. The Bertz CT molecular complexity index is 1410. The number of benzene rings is 3. The van der Waals surface area contributed by atoms with Crippen molar-refractivity contribution in [1.29, 1.82) is 0 Å². The second-order valence-corrected chi connectivity index (χ2v) is 8.91. The van der Waals surface area contributed by atoms with Gasteiger partial charge < -0.3 is 15.5 Å². The fourth-order valence-corrected chi connectivity index (χ4v) is 3.77. The molecule has 0 atom stereocenters. The Hall–Kier alpha value is -4.24. The lowest BCUT2D eigenvalue weighted by Gasteiger charge is -2.26. The van der Waals surface area contributed by atoms with Crippen LogP contribution < -0.4 is 10.6 Å². The number of hydrogen-bond donors (Lipinski definition) is 2. The van der Waals surface area contributed by atoms with E-state index >= 15 is 0 Å². The third-order valence-electron chi connectivity index (χ3n) is 5.49. The number of halogens is 3. The van der Waals surface area contributed by atoms with Gasteiger partial charge in [0.15, 0.2) is 0 Å². The van der Waals surface area contributed by atoms with Crippen molar-refractivity contribution >= 4 is 35.0 Å². The van der Waals surface area contributed by atoms with Crippen molar-refractivity contribution in [2.45, 2.75) is 19.9 Å². The number of amides is 3. The van der Waals surface area contributed by atoms with Crippen LogP contribution in [0.3, 0.4) is 0 Å². The Morgan fingerprint density at radius 2 is 1.68 bits per heavy atom. The Morgan fingerprint density at radius 3 is 2.32 bits per heavy atom. The molecule has 0 fully saturated rings. The highest BCUT2D eigenvalue weighted by Gasteiger charge is 2.22. The standard InChI is InChI=1S/C27H24ClF2N5O2/c1-17(2)34(27(37)31-20-10-13-23(30)22(28)14-20)16-26(36)32-25-15-24(18-6-4-3-5-7-18)33-35(25)21-11-8-19(29)9-12-21/h3-15,17H,16H2,1-2H3,(H,31,37)(H,32,36). The smallest absolute Gasteiger partial charge is 0.313 e. The third-order valence-corrected chi connectivity index (χ3v) is 5.78. The normalized spacial score (nSPS) is 10.9. The maximum atomic E-state index is 13.5. The van der Waals surface area contributed by atoms with Crippen molar-refractivity contribution in [3.05, 3.63) is 95.5 Å². The number of carbonyl (C=O) groups excluding carboxylic acids is 2. The Balaban J connectivity index is 1.55. The molecule has 0 unspecified atom stereocenters. The number of nitrogens with zero attached hydrogens (tertiary/aromatic N) is 3. The number of urea groups is 1. The molecular weight excluding hydrogens is 500 g/mol. The molecule has 3 aromatic carbocycles. The molecule has 0 saturated heterocycles. The molecule has 0 aliphatic heterocycles. The van der Waals surface area contributed by atoms with Gasteiger partial charge in [-0.25, -0.2) is 18.3 Å². The molecular formula is C27H24ClF2N5O2. The van der Waals surface area contributed by atoms with Gasteiger partial charge in [0.1, 0.15) is 24.0 Å². The van der Waals surface area contributed by atoms with Crippen molar-refractivity contribution < 1.29 is 18.4 Å². The summed E-state index contributed by atoms with van der Waals surface area (Å²) >= 11 is 5.80. The first-order valence-corrected chi connectivity index (χ1v) is 11.8. The van der Waals surface area contributed by atoms with Crippen molar-refractivity contribution in [2.24, 2.45) is 0 Å². The van der Waals surface area contributed by atoms with Gasteiger partial charge in [-0.15, -0.1) is 0 Å². The quantitative estimate of drug-likeness (QED) is 0.296. The number of aromatic nitrogens is 2. The van der Waals surface area contributed by atoms with Crippen LogP contribution in [0.15, 0.2) is 78.9 Å². The Morgan fingerprint density at radius 1 is 0.973 bits per heavy atom. The van der Waals surface area contributed by atoms with Gasteiger partial charge in [0.2, 0.25) is 5.91 Å². The zero-order valence-electron chi connectivity index (χ0n) is 20.1. The summed E-state index contributed by atoms with van der Waals surface area (Å²) in [5.74, 6) is -1.12. The summed E-state index contributed by atoms with van der Waals surface area (Å²) in [6.45, 7) is 3.26. The van der Waals surface area contributed by atoms with E-state index in [0.717, 1.165) is 11.6 Å². The summed E-state index contributed by atoms with van der Waals surface area (Å²) < 4.78 is 28.5. The van der Waals surface area contributed by atoms with Crippen LogP contribution in [-0.2, 0) is 4.79 Å². The minimum absolute atomic E-state index is 0.130. The van der Waals surface area contributed by atoms with Crippen LogP contribution >= 0.6 is 11.6 Å². The number of anilines is 2. The van der Waals surface area contributed by atoms with Crippen LogP contribution in [0.2, 0.25) is 5.02 Å². The lowest BCUT2D eigenvalue weighted by molar-refractivity contribution is -0.117. The molecule has 0 aliphatic rings. The van der Waals surface area contributed by atoms with E-state index in [4.69, 9.17) is 11.6 Å². The first-order chi connectivity index (χ1) is 17.7. The van der Waals surface area contributed by atoms with Crippen LogP contribution in [0.4, 0.5) is 25.1 Å². The summed E-state index contributed by atoms with van der Waals surface area (Å²) in [5.41, 5.74) is 2.28. The number of hydrogen-bond acceptors (Lipinski definition) is 3. The van der Waals surface area contributed by atoms with E-state index in [9.17, 15) is 18.4 Å². The van der Waals surface area contributed by atoms with E-state index in [1.807, 2.05) is 30.3 Å². The highest BCUT2D eigenvalue weighted by molar-refractivity contribution is 6.31. The van der Waals surface area contributed by atoms with Gasteiger partial charge in [-0.05, 0) is 56.3 Å². The SMILES string of the molecule is CC(C)N(CC(=O)Nc1cc(-c2ccccc2)nn1-c1ccc(F)cc1)C(=O)Nc1ccc(F)c(Cl)c1. The summed E-state index contributed by atoms with van der Waals surface area (Å²) in [7, 11) is 0. The third kappa shape index (κ3) is 6.31. The van der Waals surface area contributed by atoms with Crippen molar-refractivity contribution in [2.75, 3.05) is 17.2 Å². The van der Waals surface area contributed by atoms with E-state index in [1.54, 1.807) is 32.0 Å². The number of carbonyl (C=O) groups is 2. The van der Waals surface area contributed by atoms with E-state index in [-0.39, 0.29) is 17.6 Å². The minimum Gasteiger partial charge on any atom is -0.313 e. The largest absolute Gasteiger partial charge is 0.322 e. The second kappa shape index (κ2) is 11.2. The summed E-state index contributed by atoms with van der Waals surface area (Å²) in [6.07, 6.45) is 0. The minimum atomic E-state index is -0.604. The monoisotopic (exact) mass is 523 g/mol. The topological polar surface area (TPSA) is 79.3 Å². The van der Waals surface area contributed by atoms with Crippen LogP contribution in [0, 0.1) is 11.6 Å². The Labute approximate surface area is 217 Å². The molecule has 4 aromatic rings. The number of rotatable bonds is 7. The maximum absolute atomic E-state index is 13.5. The fraction of sp³-hybridized carbons (Fsp3) is 0.148. The molecule has 10 heteroatoms. The summed E-state index contributed by atoms with van der Waals surface area (Å²) in [5, 5.41) is 9.91. The molecule has 0 bridgehead atoms. The summed E-state index contributed by atoms with van der Waals surface area (Å²) in [4.78, 5) is 27.3. The molecule has 4 rings (SSSR count). The van der Waals surface area contributed by atoms with Gasteiger partial charge in [0.25, 0.3) is 0 Å². The van der Waals surface area contributed by atoms with Gasteiger partial charge in [-0.1, -0.05) is 41.9 Å². The molecule has 0 aliphatic carbocycles.